The third-order valence-electron chi connectivity index (χ3n) is 5.91. The molecule has 2 aromatic carbocycles. The van der Waals surface area contributed by atoms with E-state index in [1.807, 2.05) is 48.6 Å². The molecule has 0 fully saturated rings. The fourth-order valence-electron chi connectivity index (χ4n) is 3.93. The lowest BCUT2D eigenvalue weighted by atomic mass is 10.1. The minimum absolute atomic E-state index is 0. The van der Waals surface area contributed by atoms with Crippen LogP contribution in [0.4, 0.5) is 5.82 Å². The summed E-state index contributed by atoms with van der Waals surface area (Å²) in [4.78, 5) is 12.0. The number of ether oxygens (including phenoxy) is 2. The quantitative estimate of drug-likeness (QED) is 0.254. The van der Waals surface area contributed by atoms with E-state index in [4.69, 9.17) is 31.0 Å². The Morgan fingerprint density at radius 2 is 1.72 bits per heavy atom. The first-order valence-corrected chi connectivity index (χ1v) is 12.2. The lowest BCUT2D eigenvalue weighted by Gasteiger charge is -2.20. The highest BCUT2D eigenvalue weighted by atomic mass is 35.5. The molecule has 36 heavy (non-hydrogen) atoms. The molecule has 0 saturated carbocycles. The van der Waals surface area contributed by atoms with Crippen LogP contribution in [-0.2, 0) is 0 Å². The summed E-state index contributed by atoms with van der Waals surface area (Å²) in [6.07, 6.45) is 6.03. The molecule has 0 amide bonds. The minimum Gasteiger partial charge on any atom is -0.493 e. The van der Waals surface area contributed by atoms with E-state index in [1.165, 1.54) is 0 Å². The fourth-order valence-corrected chi connectivity index (χ4v) is 4.19. The summed E-state index contributed by atoms with van der Waals surface area (Å²) in [5, 5.41) is 5.08. The first-order chi connectivity index (χ1) is 16.5. The summed E-state index contributed by atoms with van der Waals surface area (Å²) in [6.45, 7) is 9.87. The first kappa shape index (κ1) is 31.8. The minimum atomic E-state index is 0. The van der Waals surface area contributed by atoms with Crippen molar-refractivity contribution < 1.29 is 9.47 Å². The molecule has 1 heterocycles. The number of hydrogen-bond donors (Lipinski definition) is 1. The van der Waals surface area contributed by atoms with Crippen molar-refractivity contribution in [2.24, 2.45) is 0 Å². The lowest BCUT2D eigenvalue weighted by Crippen LogP contribution is -2.25. The molecule has 1 N–H and O–H groups in total. The van der Waals surface area contributed by atoms with Crippen LogP contribution in [0.25, 0.3) is 23.1 Å². The maximum atomic E-state index is 6.55. The second-order valence-corrected chi connectivity index (χ2v) is 8.63. The molecule has 198 valence electrons. The van der Waals surface area contributed by atoms with Gasteiger partial charge in [-0.3, -0.25) is 0 Å². The highest BCUT2D eigenvalue weighted by Crippen LogP contribution is 2.30. The lowest BCUT2D eigenvalue weighted by molar-refractivity contribution is 0.295. The summed E-state index contributed by atoms with van der Waals surface area (Å²) in [7, 11) is 3.25. The Morgan fingerprint density at radius 3 is 2.39 bits per heavy atom. The van der Waals surface area contributed by atoms with Gasteiger partial charge in [-0.05, 0) is 75.3 Å². The molecule has 0 aliphatic rings. The number of methoxy groups -OCH3 is 2. The molecule has 0 saturated heterocycles. The Morgan fingerprint density at radius 1 is 1.00 bits per heavy atom. The molecule has 1 atom stereocenters. The van der Waals surface area contributed by atoms with Crippen LogP contribution in [0.5, 0.6) is 11.5 Å². The van der Waals surface area contributed by atoms with E-state index >= 15 is 0 Å². The molecular weight excluding hydrogens is 519 g/mol. The van der Waals surface area contributed by atoms with E-state index in [0.717, 1.165) is 54.8 Å². The smallest absolute Gasteiger partial charge is 0.161 e. The number of fused-ring (bicyclic) bond motifs is 1. The highest BCUT2D eigenvalue weighted by Gasteiger charge is 2.13. The summed E-state index contributed by atoms with van der Waals surface area (Å²) >= 11 is 6.55. The van der Waals surface area contributed by atoms with Gasteiger partial charge in [0.25, 0.3) is 0 Å². The van der Waals surface area contributed by atoms with Crippen molar-refractivity contribution in [1.82, 2.24) is 14.9 Å². The van der Waals surface area contributed by atoms with Gasteiger partial charge < -0.3 is 19.7 Å². The van der Waals surface area contributed by atoms with Crippen LogP contribution in [0.15, 0.2) is 36.4 Å². The van der Waals surface area contributed by atoms with Crippen LogP contribution in [0, 0.1) is 0 Å². The molecule has 1 aromatic heterocycles. The average molecular weight is 556 g/mol. The first-order valence-electron chi connectivity index (χ1n) is 11.8. The topological polar surface area (TPSA) is 59.5 Å². The van der Waals surface area contributed by atoms with Crippen molar-refractivity contribution in [3.63, 3.8) is 0 Å². The molecule has 3 rings (SSSR count). The van der Waals surface area contributed by atoms with Gasteiger partial charge in [0.2, 0.25) is 0 Å². The van der Waals surface area contributed by atoms with Crippen molar-refractivity contribution in [3.8, 4) is 11.5 Å². The highest BCUT2D eigenvalue weighted by molar-refractivity contribution is 6.36. The number of benzene rings is 2. The number of nitrogens with zero attached hydrogens (tertiary/aromatic N) is 3. The maximum Gasteiger partial charge on any atom is 0.161 e. The second-order valence-electron chi connectivity index (χ2n) is 8.23. The normalized spacial score (nSPS) is 11.8. The van der Waals surface area contributed by atoms with Crippen LogP contribution in [0.1, 0.15) is 45.0 Å². The van der Waals surface area contributed by atoms with E-state index in [0.29, 0.717) is 22.3 Å². The summed E-state index contributed by atoms with van der Waals surface area (Å²) in [5.74, 6) is 2.75. The molecule has 1 unspecified atom stereocenters. The van der Waals surface area contributed by atoms with Crippen molar-refractivity contribution >= 4 is 65.3 Å². The molecule has 0 bridgehead atoms. The molecule has 6 nitrogen and oxygen atoms in total. The Bertz CT molecular complexity index is 1120. The number of anilines is 1. The third kappa shape index (κ3) is 8.41. The molecule has 9 heteroatoms. The van der Waals surface area contributed by atoms with Crippen molar-refractivity contribution in [3.05, 3.63) is 52.8 Å². The summed E-state index contributed by atoms with van der Waals surface area (Å²) in [5.41, 5.74) is 1.78. The Kier molecular flexibility index (Phi) is 13.9. The molecule has 0 aliphatic heterocycles. The zero-order chi connectivity index (χ0) is 24.5. The largest absolute Gasteiger partial charge is 0.493 e. The average Bonchev–Trinajstić information content (AvgIpc) is 2.85. The van der Waals surface area contributed by atoms with E-state index in [1.54, 1.807) is 14.2 Å². The Hall–Kier alpha value is -2.25. The molecule has 3 aromatic rings. The van der Waals surface area contributed by atoms with Crippen molar-refractivity contribution in [2.45, 2.75) is 39.7 Å². The van der Waals surface area contributed by atoms with Gasteiger partial charge in [-0.2, -0.15) is 0 Å². The monoisotopic (exact) mass is 554 g/mol. The van der Waals surface area contributed by atoms with E-state index < -0.39 is 0 Å². The SMILES string of the molecule is CCN(CC)CCCC(C)Nc1nc(C=Cc2ccc(OC)c(OC)c2)nc2cccc(Cl)c12.Cl.Cl. The number of hydrogen-bond acceptors (Lipinski definition) is 6. The van der Waals surface area contributed by atoms with Crippen LogP contribution in [-0.4, -0.2) is 54.8 Å². The number of halogens is 3. The van der Waals surface area contributed by atoms with Crippen molar-refractivity contribution in [2.75, 3.05) is 39.2 Å². The summed E-state index contributed by atoms with van der Waals surface area (Å²) < 4.78 is 10.7. The fraction of sp³-hybridized carbons (Fsp3) is 0.407. The zero-order valence-electron chi connectivity index (χ0n) is 21.6. The number of aromatic nitrogens is 2. The number of nitrogens with one attached hydrogen (secondary N) is 1. The van der Waals surface area contributed by atoms with Crippen LogP contribution >= 0.6 is 36.4 Å². The van der Waals surface area contributed by atoms with Gasteiger partial charge in [-0.15, -0.1) is 24.8 Å². The van der Waals surface area contributed by atoms with E-state index in [9.17, 15) is 0 Å². The van der Waals surface area contributed by atoms with Gasteiger partial charge in [0.1, 0.15) is 5.82 Å². The van der Waals surface area contributed by atoms with Crippen LogP contribution < -0.4 is 14.8 Å². The van der Waals surface area contributed by atoms with Gasteiger partial charge in [0.05, 0.1) is 30.1 Å². The molecule has 0 aliphatic carbocycles. The predicted octanol–water partition coefficient (Wildman–Crippen LogP) is 7.24. The van der Waals surface area contributed by atoms with Crippen LogP contribution in [0.2, 0.25) is 5.02 Å². The van der Waals surface area contributed by atoms with Gasteiger partial charge in [0, 0.05) is 6.04 Å². The van der Waals surface area contributed by atoms with Gasteiger partial charge >= 0.3 is 0 Å². The summed E-state index contributed by atoms with van der Waals surface area (Å²) in [6, 6.07) is 11.8. The second kappa shape index (κ2) is 15.8. The molecule has 0 spiro atoms. The Labute approximate surface area is 232 Å². The van der Waals surface area contributed by atoms with Gasteiger partial charge in [0.15, 0.2) is 17.3 Å². The standard InChI is InChI=1S/C27H35ClN4O2.2ClH/c1-6-32(7-2)17-9-10-19(3)29-27-26-21(28)11-8-12-22(26)30-25(31-27)16-14-20-13-15-23(33-4)24(18-20)34-5;;/h8,11-16,18-19H,6-7,9-10,17H2,1-5H3,(H,29,30,31);2*1H. The maximum absolute atomic E-state index is 6.55. The Balaban J connectivity index is 0.00000324. The molecular formula is C27H37Cl3N4O2. The van der Waals surface area contributed by atoms with E-state index in [2.05, 4.69) is 31.0 Å². The predicted molar refractivity (Wildman–Crippen MR) is 158 cm³/mol. The number of rotatable bonds is 12. The molecule has 0 radical (unpaired) electrons. The third-order valence-corrected chi connectivity index (χ3v) is 6.23. The van der Waals surface area contributed by atoms with Crippen LogP contribution in [0.3, 0.4) is 0 Å². The van der Waals surface area contributed by atoms with E-state index in [-0.39, 0.29) is 30.9 Å². The van der Waals surface area contributed by atoms with Gasteiger partial charge in [-0.25, -0.2) is 9.97 Å². The zero-order valence-corrected chi connectivity index (χ0v) is 24.0. The van der Waals surface area contributed by atoms with Gasteiger partial charge in [-0.1, -0.05) is 43.7 Å². The van der Waals surface area contributed by atoms with Crippen molar-refractivity contribution in [1.29, 1.82) is 0 Å².